The highest BCUT2D eigenvalue weighted by atomic mass is 15.0. The molecular weight excluding hydrogens is 218 g/mol. The monoisotopic (exact) mass is 253 g/mol. The number of hydrogen-bond acceptors (Lipinski definition) is 1. The Balaban J connectivity index is 2.51. The molecule has 1 atom stereocenters. The Hall–Kier alpha value is -0.0400. The molecule has 0 aromatic heterocycles. The van der Waals surface area contributed by atoms with Crippen molar-refractivity contribution in [2.24, 2.45) is 10.8 Å². The third kappa shape index (κ3) is 6.22. The Labute approximate surface area is 115 Å². The van der Waals surface area contributed by atoms with Gasteiger partial charge in [0.05, 0.1) is 0 Å². The van der Waals surface area contributed by atoms with E-state index in [1.165, 1.54) is 38.5 Å². The molecule has 1 rings (SSSR count). The molecule has 0 saturated heterocycles. The van der Waals surface area contributed by atoms with Crippen LogP contribution in [0.5, 0.6) is 0 Å². The second-order valence-corrected chi connectivity index (χ2v) is 9.06. The standard InChI is InChI=1S/C17H35N/c1-15(2,3)13-17(6,7)18-14-9-8-11-16(4,5)12-10-14/h14,18H,8-13H2,1-7H3. The molecule has 0 bridgehead atoms. The SMILES string of the molecule is CC(C)(C)CC(C)(C)NC1CCCC(C)(C)CC1. The fraction of sp³-hybridized carbons (Fsp3) is 1.00. The third-order valence-corrected chi connectivity index (χ3v) is 4.14. The molecule has 0 aromatic carbocycles. The summed E-state index contributed by atoms with van der Waals surface area (Å²) in [5, 5.41) is 3.93. The molecule has 0 radical (unpaired) electrons. The summed E-state index contributed by atoms with van der Waals surface area (Å²) in [5.41, 5.74) is 1.22. The van der Waals surface area contributed by atoms with Gasteiger partial charge in [-0.05, 0) is 56.8 Å². The van der Waals surface area contributed by atoms with Crippen LogP contribution in [0, 0.1) is 10.8 Å². The van der Waals surface area contributed by atoms with Crippen LogP contribution in [0.2, 0.25) is 0 Å². The van der Waals surface area contributed by atoms with Crippen LogP contribution in [-0.4, -0.2) is 11.6 Å². The fourth-order valence-electron chi connectivity index (χ4n) is 3.74. The van der Waals surface area contributed by atoms with Gasteiger partial charge in [0, 0.05) is 11.6 Å². The van der Waals surface area contributed by atoms with Gasteiger partial charge < -0.3 is 5.32 Å². The summed E-state index contributed by atoms with van der Waals surface area (Å²) in [6, 6.07) is 0.726. The van der Waals surface area contributed by atoms with Gasteiger partial charge >= 0.3 is 0 Å². The maximum atomic E-state index is 3.93. The van der Waals surface area contributed by atoms with Gasteiger partial charge in [-0.15, -0.1) is 0 Å². The fourth-order valence-corrected chi connectivity index (χ4v) is 3.74. The van der Waals surface area contributed by atoms with Crippen molar-refractivity contribution in [3.8, 4) is 0 Å². The molecule has 108 valence electrons. The van der Waals surface area contributed by atoms with Crippen molar-refractivity contribution in [1.29, 1.82) is 0 Å². The Bertz CT molecular complexity index is 257. The van der Waals surface area contributed by atoms with Crippen molar-refractivity contribution in [3.05, 3.63) is 0 Å². The molecule has 1 heteroatoms. The van der Waals surface area contributed by atoms with Gasteiger partial charge in [-0.2, -0.15) is 0 Å². The van der Waals surface area contributed by atoms with Crippen LogP contribution in [0.1, 0.15) is 87.0 Å². The highest BCUT2D eigenvalue weighted by Gasteiger charge is 2.30. The molecule has 1 aliphatic carbocycles. The predicted octanol–water partition coefficient (Wildman–Crippen LogP) is 5.15. The van der Waals surface area contributed by atoms with Crippen molar-refractivity contribution in [1.82, 2.24) is 5.32 Å². The second-order valence-electron chi connectivity index (χ2n) is 9.06. The van der Waals surface area contributed by atoms with Crippen LogP contribution in [0.25, 0.3) is 0 Å². The molecule has 1 nitrogen and oxygen atoms in total. The lowest BCUT2D eigenvalue weighted by Gasteiger charge is -2.37. The maximum absolute atomic E-state index is 3.93. The predicted molar refractivity (Wildman–Crippen MR) is 81.9 cm³/mol. The smallest absolute Gasteiger partial charge is 0.0132 e. The van der Waals surface area contributed by atoms with E-state index in [-0.39, 0.29) is 5.54 Å². The van der Waals surface area contributed by atoms with Crippen LogP contribution in [0.15, 0.2) is 0 Å². The Morgan fingerprint density at radius 3 is 2.17 bits per heavy atom. The van der Waals surface area contributed by atoms with E-state index >= 15 is 0 Å². The molecular formula is C17H35N. The zero-order chi connectivity index (χ0) is 14.0. The summed E-state index contributed by atoms with van der Waals surface area (Å²) in [6.45, 7) is 16.6. The van der Waals surface area contributed by atoms with E-state index in [4.69, 9.17) is 0 Å². The highest BCUT2D eigenvalue weighted by molar-refractivity contribution is 4.88. The zero-order valence-electron chi connectivity index (χ0n) is 13.8. The Kier molecular flexibility index (Phi) is 4.92. The number of rotatable bonds is 3. The van der Waals surface area contributed by atoms with Crippen LogP contribution >= 0.6 is 0 Å². The minimum absolute atomic E-state index is 0.261. The van der Waals surface area contributed by atoms with Crippen molar-refractivity contribution in [3.63, 3.8) is 0 Å². The van der Waals surface area contributed by atoms with E-state index in [0.29, 0.717) is 10.8 Å². The molecule has 1 unspecified atom stereocenters. The van der Waals surface area contributed by atoms with Gasteiger partial charge in [0.2, 0.25) is 0 Å². The summed E-state index contributed by atoms with van der Waals surface area (Å²) in [5.74, 6) is 0. The number of nitrogens with one attached hydrogen (secondary N) is 1. The van der Waals surface area contributed by atoms with Gasteiger partial charge in [-0.25, -0.2) is 0 Å². The second kappa shape index (κ2) is 5.53. The largest absolute Gasteiger partial charge is 0.309 e. The highest BCUT2D eigenvalue weighted by Crippen LogP contribution is 2.35. The van der Waals surface area contributed by atoms with E-state index in [1.807, 2.05) is 0 Å². The van der Waals surface area contributed by atoms with Gasteiger partial charge in [0.1, 0.15) is 0 Å². The summed E-state index contributed by atoms with van der Waals surface area (Å²) < 4.78 is 0. The Morgan fingerprint density at radius 1 is 1.00 bits per heavy atom. The zero-order valence-corrected chi connectivity index (χ0v) is 13.8. The van der Waals surface area contributed by atoms with Crippen LogP contribution in [0.4, 0.5) is 0 Å². The molecule has 0 aliphatic heterocycles. The van der Waals surface area contributed by atoms with E-state index in [2.05, 4.69) is 53.8 Å². The first-order chi connectivity index (χ1) is 7.99. The summed E-state index contributed by atoms with van der Waals surface area (Å²) in [7, 11) is 0. The average molecular weight is 253 g/mol. The average Bonchev–Trinajstić information content (AvgIpc) is 2.22. The van der Waals surface area contributed by atoms with Crippen LogP contribution in [0.3, 0.4) is 0 Å². The van der Waals surface area contributed by atoms with Crippen molar-refractivity contribution >= 4 is 0 Å². The molecule has 0 aromatic rings. The molecule has 1 aliphatic rings. The normalized spacial score (nSPS) is 25.8. The van der Waals surface area contributed by atoms with E-state index in [0.717, 1.165) is 6.04 Å². The van der Waals surface area contributed by atoms with Crippen molar-refractivity contribution in [2.45, 2.75) is 98.6 Å². The van der Waals surface area contributed by atoms with Crippen LogP contribution < -0.4 is 5.32 Å². The quantitative estimate of drug-likeness (QED) is 0.686. The molecule has 1 saturated carbocycles. The van der Waals surface area contributed by atoms with Crippen LogP contribution in [-0.2, 0) is 0 Å². The summed E-state index contributed by atoms with van der Waals surface area (Å²) in [6.07, 6.45) is 8.09. The molecule has 1 fully saturated rings. The van der Waals surface area contributed by atoms with E-state index < -0.39 is 0 Å². The molecule has 0 amide bonds. The minimum Gasteiger partial charge on any atom is -0.309 e. The summed E-state index contributed by atoms with van der Waals surface area (Å²) in [4.78, 5) is 0. The van der Waals surface area contributed by atoms with E-state index in [9.17, 15) is 0 Å². The van der Waals surface area contributed by atoms with Gasteiger partial charge in [-0.3, -0.25) is 0 Å². The topological polar surface area (TPSA) is 12.0 Å². The third-order valence-electron chi connectivity index (χ3n) is 4.14. The molecule has 1 N–H and O–H groups in total. The van der Waals surface area contributed by atoms with Gasteiger partial charge in [0.15, 0.2) is 0 Å². The lowest BCUT2D eigenvalue weighted by Crippen LogP contribution is -2.47. The minimum atomic E-state index is 0.261. The first-order valence-electron chi connectivity index (χ1n) is 7.77. The van der Waals surface area contributed by atoms with Gasteiger partial charge in [0.25, 0.3) is 0 Å². The lowest BCUT2D eigenvalue weighted by molar-refractivity contribution is 0.213. The first kappa shape index (κ1) is 16.0. The lowest BCUT2D eigenvalue weighted by atomic mass is 9.81. The molecule has 0 heterocycles. The van der Waals surface area contributed by atoms with E-state index in [1.54, 1.807) is 0 Å². The van der Waals surface area contributed by atoms with Crippen molar-refractivity contribution in [2.75, 3.05) is 0 Å². The number of hydrogen-bond donors (Lipinski definition) is 1. The molecule has 18 heavy (non-hydrogen) atoms. The van der Waals surface area contributed by atoms with Gasteiger partial charge in [-0.1, -0.05) is 41.0 Å². The first-order valence-corrected chi connectivity index (χ1v) is 7.77. The summed E-state index contributed by atoms with van der Waals surface area (Å²) >= 11 is 0. The van der Waals surface area contributed by atoms with Crippen molar-refractivity contribution < 1.29 is 0 Å². The Morgan fingerprint density at radius 2 is 1.61 bits per heavy atom. The maximum Gasteiger partial charge on any atom is 0.0132 e. The molecule has 0 spiro atoms.